The minimum atomic E-state index is -1.01. The third-order valence-corrected chi connectivity index (χ3v) is 5.89. The van der Waals surface area contributed by atoms with Crippen LogP contribution < -0.4 is 11.1 Å². The minimum absolute atomic E-state index is 0.0425. The van der Waals surface area contributed by atoms with Gasteiger partial charge >= 0.3 is 12.6 Å². The van der Waals surface area contributed by atoms with Crippen molar-refractivity contribution in [3.8, 4) is 11.1 Å². The van der Waals surface area contributed by atoms with Crippen molar-refractivity contribution in [1.82, 2.24) is 5.32 Å². The Kier molecular flexibility index (Phi) is 8.22. The molecule has 0 unspecified atom stereocenters. The fraction of sp³-hybridized carbons (Fsp3) is 0.423. The number of hydrogen-bond donors (Lipinski definition) is 2. The van der Waals surface area contributed by atoms with Gasteiger partial charge in [0, 0.05) is 12.3 Å². The SMILES string of the molecule is CC(C)(CC(=O)[C@H](CCCCN)NC(=O)OCC1c2ccccc2-c2ccccc21)O[C]=O. The average molecular weight is 452 g/mol. The molecule has 0 bridgehead atoms. The Morgan fingerprint density at radius 3 is 2.24 bits per heavy atom. The lowest BCUT2D eigenvalue weighted by molar-refractivity contribution is -0.124. The Morgan fingerprint density at radius 1 is 1.06 bits per heavy atom. The predicted molar refractivity (Wildman–Crippen MR) is 125 cm³/mol. The quantitative estimate of drug-likeness (QED) is 0.475. The molecule has 1 amide bonds. The second kappa shape index (κ2) is 11.1. The molecule has 0 saturated heterocycles. The lowest BCUT2D eigenvalue weighted by atomic mass is 9.95. The molecule has 0 heterocycles. The summed E-state index contributed by atoms with van der Waals surface area (Å²) >= 11 is 0. The highest BCUT2D eigenvalue weighted by Crippen LogP contribution is 2.44. The molecule has 1 radical (unpaired) electrons. The van der Waals surface area contributed by atoms with Gasteiger partial charge in [0.2, 0.25) is 0 Å². The molecular formula is C26H31N2O5. The van der Waals surface area contributed by atoms with Gasteiger partial charge in [0.1, 0.15) is 12.2 Å². The number of Topliss-reactive ketones (excluding diaryl/α,β-unsaturated/α-hetero) is 1. The second-order valence-corrected chi connectivity index (χ2v) is 8.90. The van der Waals surface area contributed by atoms with Crippen LogP contribution in [0.25, 0.3) is 11.1 Å². The number of rotatable bonds is 12. The number of nitrogens with one attached hydrogen (secondary N) is 1. The summed E-state index contributed by atoms with van der Waals surface area (Å²) in [6.07, 6.45) is 1.15. The van der Waals surface area contributed by atoms with Crippen molar-refractivity contribution >= 4 is 18.3 Å². The monoisotopic (exact) mass is 451 g/mol. The molecule has 2 aromatic rings. The van der Waals surface area contributed by atoms with Gasteiger partial charge in [-0.3, -0.25) is 4.79 Å². The van der Waals surface area contributed by atoms with Crippen LogP contribution in [0, 0.1) is 0 Å². The van der Waals surface area contributed by atoms with Gasteiger partial charge in [-0.2, -0.15) is 0 Å². The number of benzene rings is 2. The maximum atomic E-state index is 12.8. The van der Waals surface area contributed by atoms with Crippen LogP contribution in [0.5, 0.6) is 0 Å². The van der Waals surface area contributed by atoms with Crippen LogP contribution in [0.3, 0.4) is 0 Å². The van der Waals surface area contributed by atoms with E-state index in [1.165, 1.54) is 6.47 Å². The van der Waals surface area contributed by atoms with Gasteiger partial charge in [0.25, 0.3) is 0 Å². The van der Waals surface area contributed by atoms with Crippen molar-refractivity contribution in [1.29, 1.82) is 0 Å². The molecule has 0 spiro atoms. The zero-order valence-electron chi connectivity index (χ0n) is 19.1. The molecule has 0 aliphatic heterocycles. The van der Waals surface area contributed by atoms with E-state index in [1.54, 1.807) is 13.8 Å². The molecule has 0 fully saturated rings. The Bertz CT molecular complexity index is 943. The van der Waals surface area contributed by atoms with Crippen LogP contribution in [0.15, 0.2) is 48.5 Å². The molecule has 7 heteroatoms. The van der Waals surface area contributed by atoms with Crippen molar-refractivity contribution in [3.05, 3.63) is 59.7 Å². The maximum Gasteiger partial charge on any atom is 0.418 e. The number of fused-ring (bicyclic) bond motifs is 3. The van der Waals surface area contributed by atoms with E-state index in [0.29, 0.717) is 19.4 Å². The molecule has 0 saturated carbocycles. The zero-order chi connectivity index (χ0) is 23.8. The smallest absolute Gasteiger partial charge is 0.418 e. The van der Waals surface area contributed by atoms with Crippen LogP contribution in [0.2, 0.25) is 0 Å². The molecule has 3 rings (SSSR count). The van der Waals surface area contributed by atoms with E-state index in [0.717, 1.165) is 28.7 Å². The number of unbranched alkanes of at least 4 members (excludes halogenated alkanes) is 1. The van der Waals surface area contributed by atoms with E-state index in [2.05, 4.69) is 17.4 Å². The van der Waals surface area contributed by atoms with Gasteiger partial charge in [-0.1, -0.05) is 48.5 Å². The molecule has 1 aliphatic carbocycles. The van der Waals surface area contributed by atoms with Crippen LogP contribution in [-0.2, 0) is 19.1 Å². The molecule has 1 atom stereocenters. The van der Waals surface area contributed by atoms with E-state index in [1.807, 2.05) is 36.4 Å². The summed E-state index contributed by atoms with van der Waals surface area (Å²) in [5.74, 6) is -0.300. The summed E-state index contributed by atoms with van der Waals surface area (Å²) < 4.78 is 10.5. The molecular weight excluding hydrogens is 420 g/mol. The van der Waals surface area contributed by atoms with E-state index < -0.39 is 17.7 Å². The summed E-state index contributed by atoms with van der Waals surface area (Å²) in [4.78, 5) is 36.1. The number of ketones is 1. The van der Waals surface area contributed by atoms with Crippen LogP contribution in [0.1, 0.15) is 56.6 Å². The number of alkyl carbamates (subject to hydrolysis) is 1. The second-order valence-electron chi connectivity index (χ2n) is 8.90. The van der Waals surface area contributed by atoms with E-state index >= 15 is 0 Å². The normalized spacial score (nSPS) is 13.5. The average Bonchev–Trinajstić information content (AvgIpc) is 3.10. The van der Waals surface area contributed by atoms with Crippen molar-refractivity contribution in [2.45, 2.75) is 57.1 Å². The van der Waals surface area contributed by atoms with Crippen molar-refractivity contribution in [2.75, 3.05) is 13.2 Å². The van der Waals surface area contributed by atoms with Crippen LogP contribution >= 0.6 is 0 Å². The molecule has 175 valence electrons. The summed E-state index contributed by atoms with van der Waals surface area (Å²) in [5.41, 5.74) is 9.09. The Hall–Kier alpha value is -3.19. The molecule has 33 heavy (non-hydrogen) atoms. The number of carbonyl (C=O) groups excluding carboxylic acids is 3. The highest BCUT2D eigenvalue weighted by Gasteiger charge is 2.31. The van der Waals surface area contributed by atoms with Crippen molar-refractivity contribution in [3.63, 3.8) is 0 Å². The van der Waals surface area contributed by atoms with Gasteiger partial charge in [-0.25, -0.2) is 9.59 Å². The first-order valence-corrected chi connectivity index (χ1v) is 11.3. The first-order chi connectivity index (χ1) is 15.9. The number of amides is 1. The fourth-order valence-corrected chi connectivity index (χ4v) is 4.28. The van der Waals surface area contributed by atoms with Gasteiger partial charge in [-0.05, 0) is 61.9 Å². The fourth-order valence-electron chi connectivity index (χ4n) is 4.28. The molecule has 1 aliphatic rings. The first-order valence-electron chi connectivity index (χ1n) is 11.3. The topological polar surface area (TPSA) is 108 Å². The zero-order valence-corrected chi connectivity index (χ0v) is 19.1. The summed E-state index contributed by atoms with van der Waals surface area (Å²) in [5, 5.41) is 2.71. The van der Waals surface area contributed by atoms with E-state index in [9.17, 15) is 14.4 Å². The molecule has 7 nitrogen and oxygen atoms in total. The highest BCUT2D eigenvalue weighted by molar-refractivity contribution is 5.88. The van der Waals surface area contributed by atoms with Crippen LogP contribution in [0.4, 0.5) is 4.79 Å². The van der Waals surface area contributed by atoms with E-state index in [-0.39, 0.29) is 24.7 Å². The number of hydrogen-bond acceptors (Lipinski definition) is 6. The standard InChI is InChI=1S/C26H31N2O5/c1-26(2,33-17-29)15-24(30)23(13-7-8-14-27)28-25(31)32-16-22-20-11-5-3-9-18(20)19-10-4-6-12-21(19)22/h3-6,9-12,22-23H,7-8,13-16,27H2,1-2H3,(H,28,31)/t23-/m0/s1. The Labute approximate surface area is 194 Å². The Balaban J connectivity index is 1.65. The predicted octanol–water partition coefficient (Wildman–Crippen LogP) is 3.84. The highest BCUT2D eigenvalue weighted by atomic mass is 16.5. The lowest BCUT2D eigenvalue weighted by Gasteiger charge is -2.25. The Morgan fingerprint density at radius 2 is 1.67 bits per heavy atom. The van der Waals surface area contributed by atoms with Crippen LogP contribution in [-0.4, -0.2) is 43.1 Å². The summed E-state index contributed by atoms with van der Waals surface area (Å²) in [6.45, 7) is 5.30. The molecule has 0 aromatic heterocycles. The lowest BCUT2D eigenvalue weighted by Crippen LogP contribution is -2.44. The van der Waals surface area contributed by atoms with Gasteiger partial charge in [0.15, 0.2) is 5.78 Å². The maximum absolute atomic E-state index is 12.8. The third-order valence-electron chi connectivity index (χ3n) is 5.89. The van der Waals surface area contributed by atoms with E-state index in [4.69, 9.17) is 15.2 Å². The minimum Gasteiger partial charge on any atom is -0.451 e. The molecule has 2 aromatic carbocycles. The largest absolute Gasteiger partial charge is 0.451 e. The van der Waals surface area contributed by atoms with Gasteiger partial charge < -0.3 is 20.5 Å². The van der Waals surface area contributed by atoms with Gasteiger partial charge in [0.05, 0.1) is 6.04 Å². The molecule has 3 N–H and O–H groups in total. The summed E-state index contributed by atoms with van der Waals surface area (Å²) in [7, 11) is 0. The third kappa shape index (κ3) is 6.20. The summed E-state index contributed by atoms with van der Waals surface area (Å²) in [6, 6.07) is 15.4. The van der Waals surface area contributed by atoms with Gasteiger partial charge in [-0.15, -0.1) is 0 Å². The van der Waals surface area contributed by atoms with Crippen molar-refractivity contribution < 1.29 is 23.9 Å². The van der Waals surface area contributed by atoms with Crippen molar-refractivity contribution in [2.24, 2.45) is 5.73 Å². The number of carbonyl (C=O) groups is 2. The first kappa shape index (κ1) is 24.5. The number of ether oxygens (including phenoxy) is 2. The number of nitrogens with two attached hydrogens (primary N) is 1.